The van der Waals surface area contributed by atoms with Gasteiger partial charge in [-0.15, -0.1) is 30.1 Å². The molecule has 1 aromatic heterocycles. The van der Waals surface area contributed by atoms with Crippen molar-refractivity contribution in [1.29, 1.82) is 0 Å². The van der Waals surface area contributed by atoms with Crippen molar-refractivity contribution in [2.45, 2.75) is 156 Å². The molecule has 8 amide bonds. The van der Waals surface area contributed by atoms with E-state index in [1.165, 1.54) is 44.4 Å². The molecule has 0 saturated carbocycles. The van der Waals surface area contributed by atoms with Crippen LogP contribution in [0.2, 0.25) is 0 Å². The molecule has 0 unspecified atom stereocenters. The van der Waals surface area contributed by atoms with Crippen molar-refractivity contribution in [1.82, 2.24) is 36.1 Å². The van der Waals surface area contributed by atoms with Crippen LogP contribution >= 0.6 is 24.0 Å². The normalized spacial score (nSPS) is 16.1. The third kappa shape index (κ3) is 22.4. The monoisotopic (exact) mass is 1160 g/mol. The number of ether oxygens (including phenoxy) is 2. The summed E-state index contributed by atoms with van der Waals surface area (Å²) in [6, 6.07) is 0.628. The number of aromatic hydroxyl groups is 1. The largest absolute Gasteiger partial charge is 0.506 e. The number of nitrogens with one attached hydrogen (secondary N) is 5. The van der Waals surface area contributed by atoms with E-state index in [9.17, 15) is 58.2 Å². The van der Waals surface area contributed by atoms with Gasteiger partial charge < -0.3 is 51.2 Å². The summed E-state index contributed by atoms with van der Waals surface area (Å²) < 4.78 is 11.6. The molecule has 0 bridgehead atoms. The Kier molecular flexibility index (Phi) is 26.3. The number of amides is 8. The molecule has 2 heterocycles. The number of hydrogen-bond donors (Lipinski definition) is 8. The number of aliphatic carboxylic acids is 1. The van der Waals surface area contributed by atoms with Crippen LogP contribution in [0.1, 0.15) is 141 Å². The van der Waals surface area contributed by atoms with E-state index in [0.717, 1.165) is 16.2 Å². The van der Waals surface area contributed by atoms with Crippen LogP contribution in [0.3, 0.4) is 0 Å². The number of rotatable bonds is 32. The van der Waals surface area contributed by atoms with Gasteiger partial charge in [-0.3, -0.25) is 52.8 Å². The highest BCUT2D eigenvalue weighted by Crippen LogP contribution is 2.32. The third-order valence-corrected chi connectivity index (χ3v) is 14.6. The Morgan fingerprint density at radius 2 is 1.58 bits per heavy atom. The summed E-state index contributed by atoms with van der Waals surface area (Å²) in [6.07, 6.45) is 10.6. The van der Waals surface area contributed by atoms with Crippen LogP contribution in [0.4, 0.5) is 5.69 Å². The Morgan fingerprint density at radius 3 is 2.17 bits per heavy atom. The van der Waals surface area contributed by atoms with Gasteiger partial charge in [0.1, 0.15) is 34.5 Å². The molecule has 2 aromatic rings. The molecule has 8 atom stereocenters. The van der Waals surface area contributed by atoms with Crippen LogP contribution in [0.15, 0.2) is 23.6 Å². The first-order chi connectivity index (χ1) is 37.8. The summed E-state index contributed by atoms with van der Waals surface area (Å²) in [5.41, 5.74) is -0.851. The number of nitrogens with zero attached hydrogens (tertiary/aromatic N) is 3. The lowest BCUT2D eigenvalue weighted by molar-refractivity contribution is -0.148. The van der Waals surface area contributed by atoms with Gasteiger partial charge in [0, 0.05) is 88.0 Å². The van der Waals surface area contributed by atoms with Gasteiger partial charge in [0.2, 0.25) is 41.4 Å². The number of esters is 1. The molecule has 1 aliphatic heterocycles. The van der Waals surface area contributed by atoms with Crippen LogP contribution in [0.5, 0.6) is 5.75 Å². The fourth-order valence-electron chi connectivity index (χ4n) is 8.63. The summed E-state index contributed by atoms with van der Waals surface area (Å²) in [7, 11) is 1.65. The Morgan fingerprint density at radius 1 is 0.926 bits per heavy atom. The topological polar surface area (TPSA) is 309 Å². The quantitative estimate of drug-likeness (QED) is 0.0165. The molecule has 444 valence electrons. The first-order valence-corrected chi connectivity index (χ1v) is 28.1. The molecular weight excluding hydrogens is 1080 g/mol. The zero-order chi connectivity index (χ0) is 61.1. The molecule has 0 aliphatic carbocycles. The maximum Gasteiger partial charge on any atom is 0.318 e. The summed E-state index contributed by atoms with van der Waals surface area (Å²) in [6.45, 7) is 18.0. The van der Waals surface area contributed by atoms with Crippen molar-refractivity contribution in [3.05, 3.63) is 39.8 Å². The third-order valence-electron chi connectivity index (χ3n) is 13.3. The second kappa shape index (κ2) is 31.3. The van der Waals surface area contributed by atoms with Crippen molar-refractivity contribution in [3.8, 4) is 30.4 Å². The lowest BCUT2D eigenvalue weighted by Crippen LogP contribution is -2.51. The predicted molar refractivity (Wildman–Crippen MR) is 306 cm³/mol. The Labute approximate surface area is 484 Å². The van der Waals surface area contributed by atoms with Gasteiger partial charge in [-0.1, -0.05) is 60.5 Å². The number of likely N-dealkylation sites (tertiary alicyclic amines) is 1. The standard InChI is InChI=1S/C57H80N8O14S2/c1-14-33(5)21-48(70)64(13)42(32(3)4)25-44(79-36(8)66)53-63-41(28-81-53)52(74)61-39(24-38(15-2)55(76)77)22-37-18-19-43(67)40(23-37)62-51(73)35(7)60-50(72)34(6)59-47(69)27-56(9,10)30-78-31-57(11,12)29-58-46(68)17-16-20-65-49(71)26-45(80)54(65)75/h1-2,18-19,23,28,32-35,38-39,42,44-45,67,80H,16-17,20-22,24-27,29-31H2,3-13H3,(H,58,68)(H,59,69)(H,60,72)(H,61,74)(H,62,73)(H,76,77)/t33-,34+,35+,38+,39+,42-,44-,45-/m1/s1. The summed E-state index contributed by atoms with van der Waals surface area (Å²) in [4.78, 5) is 135. The van der Waals surface area contributed by atoms with Crippen molar-refractivity contribution in [3.63, 3.8) is 0 Å². The van der Waals surface area contributed by atoms with Gasteiger partial charge in [0.15, 0.2) is 6.10 Å². The van der Waals surface area contributed by atoms with Crippen LogP contribution < -0.4 is 26.6 Å². The molecule has 0 spiro atoms. The molecule has 7 N–H and O–H groups in total. The predicted octanol–water partition coefficient (Wildman–Crippen LogP) is 4.41. The number of phenols is 1. The molecule has 0 radical (unpaired) electrons. The van der Waals surface area contributed by atoms with E-state index >= 15 is 0 Å². The zero-order valence-electron chi connectivity index (χ0n) is 48.1. The van der Waals surface area contributed by atoms with Gasteiger partial charge >= 0.3 is 11.9 Å². The summed E-state index contributed by atoms with van der Waals surface area (Å²) >= 11 is 5.17. The number of thiol groups is 1. The molecule has 1 saturated heterocycles. The van der Waals surface area contributed by atoms with Gasteiger partial charge in [0.25, 0.3) is 5.91 Å². The molecule has 22 nitrogen and oxygen atoms in total. The highest BCUT2D eigenvalue weighted by Gasteiger charge is 2.37. The minimum Gasteiger partial charge on any atom is -0.506 e. The number of hydrogen-bond acceptors (Lipinski definition) is 16. The first-order valence-electron chi connectivity index (χ1n) is 26.7. The number of phenolic OH excluding ortho intramolecular Hbond substituents is 1. The highest BCUT2D eigenvalue weighted by molar-refractivity contribution is 7.81. The fraction of sp³-hybridized carbons (Fsp3) is 0.596. The minimum atomic E-state index is -1.33. The number of carbonyl (C=O) groups is 10. The number of thiazole rings is 1. The molecule has 24 heteroatoms. The summed E-state index contributed by atoms with van der Waals surface area (Å²) in [5.74, 6) is -2.81. The van der Waals surface area contributed by atoms with Gasteiger partial charge in [-0.2, -0.15) is 12.6 Å². The SMILES string of the molecule is C#C[C@@H](C)CC(=O)N(C)[C@H](C[C@@H](OC(C)=O)c1nc(C(=O)N[C@@H](Cc2ccc(O)c(NC(=O)[C@H](C)NC(=O)[C@H](C)NC(=O)CC(C)(C)COCC(C)(C)CNC(=O)CCCN3C(=O)C[C@@H](S)C3=O)c2)C[C@H](C#C)C(=O)O)cs1)C(C)C. The maximum absolute atomic E-state index is 13.8. The Bertz CT molecular complexity index is 2700. The van der Waals surface area contributed by atoms with E-state index in [0.29, 0.717) is 12.0 Å². The fourth-order valence-corrected chi connectivity index (χ4v) is 9.76. The van der Waals surface area contributed by atoms with E-state index in [2.05, 4.69) is 56.0 Å². The van der Waals surface area contributed by atoms with Crippen molar-refractivity contribution in [2.75, 3.05) is 38.7 Å². The number of aromatic nitrogens is 1. The van der Waals surface area contributed by atoms with Crippen molar-refractivity contribution >= 4 is 88.8 Å². The van der Waals surface area contributed by atoms with Crippen LogP contribution in [-0.4, -0.2) is 147 Å². The van der Waals surface area contributed by atoms with Gasteiger partial charge in [0.05, 0.1) is 24.2 Å². The molecule has 81 heavy (non-hydrogen) atoms. The van der Waals surface area contributed by atoms with Crippen LogP contribution in [0.25, 0.3) is 0 Å². The molecule has 1 aromatic carbocycles. The second-order valence-corrected chi connectivity index (χ2v) is 24.0. The van der Waals surface area contributed by atoms with E-state index in [1.54, 1.807) is 18.9 Å². The average Bonchev–Trinajstić information content (AvgIpc) is 3.97. The van der Waals surface area contributed by atoms with Gasteiger partial charge in [-0.25, -0.2) is 4.98 Å². The zero-order valence-corrected chi connectivity index (χ0v) is 49.8. The maximum atomic E-state index is 13.8. The molecular formula is C57H80N8O14S2. The summed E-state index contributed by atoms with van der Waals surface area (Å²) in [5, 5.41) is 35.2. The molecule has 1 aliphatic rings. The van der Waals surface area contributed by atoms with Crippen molar-refractivity contribution in [2.24, 2.45) is 28.6 Å². The second-order valence-electron chi connectivity index (χ2n) is 22.5. The molecule has 1 fully saturated rings. The van der Waals surface area contributed by atoms with E-state index in [1.807, 2.05) is 41.5 Å². The average molecular weight is 1170 g/mol. The van der Waals surface area contributed by atoms with Crippen molar-refractivity contribution < 1.29 is 67.6 Å². The number of benzene rings is 1. The van der Waals surface area contributed by atoms with Crippen LogP contribution in [-0.2, 0) is 59.0 Å². The lowest BCUT2D eigenvalue weighted by Gasteiger charge is -2.33. The minimum absolute atomic E-state index is 0.0194. The highest BCUT2D eigenvalue weighted by atomic mass is 32.1. The van der Waals surface area contributed by atoms with E-state index < -0.39 is 87.8 Å². The van der Waals surface area contributed by atoms with Gasteiger partial charge in [-0.05, 0) is 62.1 Å². The Balaban J connectivity index is 1.59. The molecule has 3 rings (SSSR count). The first kappa shape index (κ1) is 68.3. The number of anilines is 1. The smallest absolute Gasteiger partial charge is 0.318 e. The van der Waals surface area contributed by atoms with Crippen LogP contribution in [0, 0.1) is 53.3 Å². The number of terminal acetylenes is 2. The Hall–Kier alpha value is -7.02. The lowest BCUT2D eigenvalue weighted by atomic mass is 9.89. The van der Waals surface area contributed by atoms with E-state index in [-0.39, 0.29) is 129 Å². The number of carbonyl (C=O) groups excluding carboxylic acids is 9. The number of carboxylic acids is 1. The number of carboxylic acid groups (broad SMARTS) is 1. The van der Waals surface area contributed by atoms with E-state index in [4.69, 9.17) is 22.3 Å². The number of imide groups is 1.